The van der Waals surface area contributed by atoms with Crippen LogP contribution in [0.5, 0.6) is 0 Å². The molecule has 1 N–H and O–H groups in total. The van der Waals surface area contributed by atoms with Crippen molar-refractivity contribution in [2.45, 2.75) is 39.5 Å². The molecule has 2 rings (SSSR count). The van der Waals surface area contributed by atoms with Gasteiger partial charge in [-0.25, -0.2) is 4.79 Å². The lowest BCUT2D eigenvalue weighted by molar-refractivity contribution is 0.0241. The van der Waals surface area contributed by atoms with Crippen molar-refractivity contribution in [2.75, 3.05) is 7.11 Å². The SMILES string of the molecule is CC(C)(C)OC(=O)N1Cc2cccc(Br)c2C1.CO. The van der Waals surface area contributed by atoms with Crippen molar-refractivity contribution in [3.63, 3.8) is 0 Å². The predicted molar refractivity (Wildman–Crippen MR) is 77.8 cm³/mol. The maximum absolute atomic E-state index is 11.9. The number of hydrogen-bond donors (Lipinski definition) is 1. The van der Waals surface area contributed by atoms with Gasteiger partial charge in [0.25, 0.3) is 0 Å². The van der Waals surface area contributed by atoms with E-state index in [1.165, 1.54) is 11.1 Å². The van der Waals surface area contributed by atoms with Gasteiger partial charge >= 0.3 is 6.09 Å². The van der Waals surface area contributed by atoms with Crippen LogP contribution < -0.4 is 0 Å². The van der Waals surface area contributed by atoms with Crippen LogP contribution in [0, 0.1) is 0 Å². The van der Waals surface area contributed by atoms with Gasteiger partial charge < -0.3 is 9.84 Å². The Hall–Kier alpha value is -1.07. The smallest absolute Gasteiger partial charge is 0.410 e. The van der Waals surface area contributed by atoms with Crippen LogP contribution in [0.4, 0.5) is 4.79 Å². The topological polar surface area (TPSA) is 49.8 Å². The molecule has 1 aromatic carbocycles. The summed E-state index contributed by atoms with van der Waals surface area (Å²) >= 11 is 3.51. The summed E-state index contributed by atoms with van der Waals surface area (Å²) in [5, 5.41) is 7.00. The average molecular weight is 330 g/mol. The Kier molecular flexibility index (Phi) is 5.38. The second-order valence-corrected chi connectivity index (χ2v) is 6.07. The number of hydrogen-bond acceptors (Lipinski definition) is 3. The second kappa shape index (κ2) is 6.39. The Bertz CT molecular complexity index is 454. The number of ether oxygens (including phenoxy) is 1. The van der Waals surface area contributed by atoms with Crippen molar-refractivity contribution in [3.05, 3.63) is 33.8 Å². The fourth-order valence-electron chi connectivity index (χ4n) is 1.84. The molecule has 1 aromatic rings. The van der Waals surface area contributed by atoms with Crippen LogP contribution in [-0.4, -0.2) is 28.8 Å². The fraction of sp³-hybridized carbons (Fsp3) is 0.500. The Morgan fingerprint density at radius 3 is 2.47 bits per heavy atom. The van der Waals surface area contributed by atoms with E-state index in [4.69, 9.17) is 9.84 Å². The summed E-state index contributed by atoms with van der Waals surface area (Å²) in [4.78, 5) is 13.7. The molecule has 0 radical (unpaired) electrons. The first-order chi connectivity index (χ1) is 8.87. The number of aliphatic hydroxyl groups is 1. The van der Waals surface area contributed by atoms with E-state index < -0.39 is 5.60 Å². The Balaban J connectivity index is 0.000000861. The van der Waals surface area contributed by atoms with Gasteiger partial charge in [0, 0.05) is 18.1 Å². The normalized spacial score (nSPS) is 13.5. The molecule has 1 aliphatic heterocycles. The molecule has 0 saturated heterocycles. The second-order valence-electron chi connectivity index (χ2n) is 5.21. The van der Waals surface area contributed by atoms with Gasteiger partial charge in [-0.2, -0.15) is 0 Å². The Morgan fingerprint density at radius 1 is 1.32 bits per heavy atom. The Labute approximate surface area is 122 Å². The molecule has 106 valence electrons. The summed E-state index contributed by atoms with van der Waals surface area (Å²) in [6, 6.07) is 6.03. The molecule has 1 amide bonds. The van der Waals surface area contributed by atoms with Gasteiger partial charge in [0.15, 0.2) is 0 Å². The average Bonchev–Trinajstić information content (AvgIpc) is 2.75. The van der Waals surface area contributed by atoms with E-state index in [1.807, 2.05) is 39.0 Å². The molecule has 0 atom stereocenters. The molecule has 0 saturated carbocycles. The van der Waals surface area contributed by atoms with E-state index in [9.17, 15) is 4.79 Å². The third kappa shape index (κ3) is 4.21. The number of benzene rings is 1. The van der Waals surface area contributed by atoms with Crippen LogP contribution in [-0.2, 0) is 17.8 Å². The number of carbonyl (C=O) groups is 1. The van der Waals surface area contributed by atoms with Crippen molar-refractivity contribution in [1.29, 1.82) is 0 Å². The minimum absolute atomic E-state index is 0.249. The van der Waals surface area contributed by atoms with Crippen molar-refractivity contribution in [2.24, 2.45) is 0 Å². The zero-order valence-corrected chi connectivity index (χ0v) is 13.3. The lowest BCUT2D eigenvalue weighted by Gasteiger charge is -2.24. The molecule has 0 fully saturated rings. The zero-order valence-electron chi connectivity index (χ0n) is 11.7. The number of carbonyl (C=O) groups excluding carboxylic acids is 1. The Morgan fingerprint density at radius 2 is 1.95 bits per heavy atom. The van der Waals surface area contributed by atoms with E-state index >= 15 is 0 Å². The van der Waals surface area contributed by atoms with E-state index in [0.717, 1.165) is 11.6 Å². The monoisotopic (exact) mass is 329 g/mol. The van der Waals surface area contributed by atoms with Crippen LogP contribution >= 0.6 is 15.9 Å². The van der Waals surface area contributed by atoms with Crippen molar-refractivity contribution in [1.82, 2.24) is 4.90 Å². The largest absolute Gasteiger partial charge is 0.444 e. The van der Waals surface area contributed by atoms with E-state index in [-0.39, 0.29) is 6.09 Å². The maximum atomic E-state index is 11.9. The van der Waals surface area contributed by atoms with Gasteiger partial charge in [0.1, 0.15) is 5.60 Å². The number of aliphatic hydroxyl groups excluding tert-OH is 1. The number of nitrogens with zero attached hydrogens (tertiary/aromatic N) is 1. The van der Waals surface area contributed by atoms with Gasteiger partial charge in [-0.15, -0.1) is 0 Å². The molecule has 0 bridgehead atoms. The van der Waals surface area contributed by atoms with Gasteiger partial charge in [-0.05, 0) is 38.0 Å². The first-order valence-corrected chi connectivity index (χ1v) is 6.85. The summed E-state index contributed by atoms with van der Waals surface area (Å²) in [7, 11) is 1.00. The van der Waals surface area contributed by atoms with Crippen molar-refractivity contribution < 1.29 is 14.6 Å². The zero-order chi connectivity index (χ0) is 14.6. The fourth-order valence-corrected chi connectivity index (χ4v) is 2.37. The standard InChI is InChI=1S/C13H16BrNO2.CH4O/c1-13(2,3)17-12(16)15-7-9-5-4-6-11(14)10(9)8-15;1-2/h4-6H,7-8H2,1-3H3;2H,1H3. The third-order valence-electron chi connectivity index (χ3n) is 2.58. The summed E-state index contributed by atoms with van der Waals surface area (Å²) in [5.74, 6) is 0. The first kappa shape index (κ1) is 16.0. The van der Waals surface area contributed by atoms with Crippen LogP contribution in [0.1, 0.15) is 31.9 Å². The van der Waals surface area contributed by atoms with Crippen LogP contribution in [0.25, 0.3) is 0 Å². The lowest BCUT2D eigenvalue weighted by atomic mass is 10.1. The van der Waals surface area contributed by atoms with Crippen LogP contribution in [0.2, 0.25) is 0 Å². The third-order valence-corrected chi connectivity index (χ3v) is 3.32. The summed E-state index contributed by atoms with van der Waals surface area (Å²) < 4.78 is 6.42. The minimum atomic E-state index is -0.441. The lowest BCUT2D eigenvalue weighted by Crippen LogP contribution is -2.33. The summed E-state index contributed by atoms with van der Waals surface area (Å²) in [6.07, 6.45) is -0.249. The number of amides is 1. The predicted octanol–water partition coefficient (Wildman–Crippen LogP) is 3.31. The minimum Gasteiger partial charge on any atom is -0.444 e. The van der Waals surface area contributed by atoms with Crippen LogP contribution in [0.3, 0.4) is 0 Å². The number of halogens is 1. The van der Waals surface area contributed by atoms with E-state index in [1.54, 1.807) is 4.90 Å². The van der Waals surface area contributed by atoms with Crippen molar-refractivity contribution in [3.8, 4) is 0 Å². The molecule has 4 nitrogen and oxygen atoms in total. The highest BCUT2D eigenvalue weighted by Crippen LogP contribution is 2.30. The molecule has 1 heterocycles. The highest BCUT2D eigenvalue weighted by Gasteiger charge is 2.28. The highest BCUT2D eigenvalue weighted by atomic mass is 79.9. The molecule has 0 spiro atoms. The van der Waals surface area contributed by atoms with E-state index in [0.29, 0.717) is 13.1 Å². The maximum Gasteiger partial charge on any atom is 0.410 e. The highest BCUT2D eigenvalue weighted by molar-refractivity contribution is 9.10. The molecule has 19 heavy (non-hydrogen) atoms. The molecular formula is C14H20BrNO3. The molecular weight excluding hydrogens is 310 g/mol. The first-order valence-electron chi connectivity index (χ1n) is 6.06. The molecule has 0 unspecified atom stereocenters. The molecule has 0 aromatic heterocycles. The van der Waals surface area contributed by atoms with Crippen LogP contribution in [0.15, 0.2) is 22.7 Å². The van der Waals surface area contributed by atoms with Gasteiger partial charge in [0.05, 0.1) is 6.54 Å². The van der Waals surface area contributed by atoms with Crippen molar-refractivity contribution >= 4 is 22.0 Å². The molecule has 0 aliphatic carbocycles. The molecule has 1 aliphatic rings. The molecule has 5 heteroatoms. The number of rotatable bonds is 0. The number of fused-ring (bicyclic) bond motifs is 1. The summed E-state index contributed by atoms with van der Waals surface area (Å²) in [5.41, 5.74) is 1.92. The quantitative estimate of drug-likeness (QED) is 0.794. The van der Waals surface area contributed by atoms with Gasteiger partial charge in [-0.1, -0.05) is 28.1 Å². The van der Waals surface area contributed by atoms with E-state index in [2.05, 4.69) is 15.9 Å². The van der Waals surface area contributed by atoms with Gasteiger partial charge in [0.2, 0.25) is 0 Å². The summed E-state index contributed by atoms with van der Waals surface area (Å²) in [6.45, 7) is 6.88. The van der Waals surface area contributed by atoms with Gasteiger partial charge in [-0.3, -0.25) is 4.90 Å².